The molecule has 0 aliphatic heterocycles. The van der Waals surface area contributed by atoms with E-state index >= 15 is 0 Å². The van der Waals surface area contributed by atoms with Gasteiger partial charge in [-0.1, -0.05) is 5.16 Å². The fraction of sp³-hybridized carbons (Fsp3) is 0.417. The Labute approximate surface area is 103 Å². The van der Waals surface area contributed by atoms with Gasteiger partial charge in [-0.05, 0) is 30.4 Å². The van der Waals surface area contributed by atoms with Crippen LogP contribution < -0.4 is 11.1 Å². The van der Waals surface area contributed by atoms with Crippen molar-refractivity contribution < 1.29 is 14.0 Å². The van der Waals surface area contributed by atoms with Crippen molar-refractivity contribution in [3.8, 4) is 0 Å². The molecule has 0 saturated heterocycles. The molecule has 0 atom stereocenters. The molecule has 0 heterocycles. The lowest BCUT2D eigenvalue weighted by Gasteiger charge is -2.16. The third-order valence-electron chi connectivity index (χ3n) is 3.23. The van der Waals surface area contributed by atoms with Crippen molar-refractivity contribution in [3.05, 3.63) is 29.8 Å². The van der Waals surface area contributed by atoms with Gasteiger partial charge in [0, 0.05) is 19.0 Å². The maximum atomic E-state index is 13.4. The summed E-state index contributed by atoms with van der Waals surface area (Å²) in [5.41, 5.74) is 5.66. The quantitative estimate of drug-likeness (QED) is 0.327. The van der Waals surface area contributed by atoms with E-state index < -0.39 is 11.6 Å². The summed E-state index contributed by atoms with van der Waals surface area (Å²) < 4.78 is 26.1. The van der Waals surface area contributed by atoms with E-state index in [1.807, 2.05) is 0 Å². The van der Waals surface area contributed by atoms with Gasteiger partial charge in [0.05, 0.1) is 5.69 Å². The molecule has 2 rings (SSSR count). The molecular weight excluding hydrogens is 240 g/mol. The highest BCUT2D eigenvalue weighted by Gasteiger charge is 2.43. The van der Waals surface area contributed by atoms with Crippen LogP contribution >= 0.6 is 0 Å². The number of amidine groups is 1. The van der Waals surface area contributed by atoms with Gasteiger partial charge in [0.25, 0.3) is 0 Å². The average Bonchev–Trinajstić information content (AvgIpc) is 3.08. The van der Waals surface area contributed by atoms with Crippen molar-refractivity contribution in [2.24, 2.45) is 16.3 Å². The number of nitrogens with zero attached hydrogens (tertiary/aromatic N) is 1. The summed E-state index contributed by atoms with van der Waals surface area (Å²) >= 11 is 0. The molecule has 18 heavy (non-hydrogen) atoms. The van der Waals surface area contributed by atoms with Gasteiger partial charge in [-0.25, -0.2) is 8.78 Å². The summed E-state index contributed by atoms with van der Waals surface area (Å²) in [6.45, 7) is 0.520. The van der Waals surface area contributed by atoms with Crippen LogP contribution in [0.25, 0.3) is 0 Å². The van der Waals surface area contributed by atoms with Crippen LogP contribution in [0.1, 0.15) is 19.3 Å². The Morgan fingerprint density at radius 3 is 2.72 bits per heavy atom. The molecule has 1 saturated carbocycles. The van der Waals surface area contributed by atoms with Crippen LogP contribution in [-0.2, 0) is 0 Å². The first-order valence-corrected chi connectivity index (χ1v) is 5.70. The van der Waals surface area contributed by atoms with Crippen molar-refractivity contribution >= 4 is 11.5 Å². The van der Waals surface area contributed by atoms with E-state index in [0.29, 0.717) is 13.0 Å². The van der Waals surface area contributed by atoms with Crippen molar-refractivity contribution in [2.75, 3.05) is 11.9 Å². The zero-order chi connectivity index (χ0) is 13.2. The highest BCUT2D eigenvalue weighted by atomic mass is 19.1. The SMILES string of the molecule is NC(CC1(CNc2ccc(F)cc2F)CC1)=NO. The van der Waals surface area contributed by atoms with E-state index in [9.17, 15) is 8.78 Å². The van der Waals surface area contributed by atoms with E-state index in [-0.39, 0.29) is 16.9 Å². The first-order valence-electron chi connectivity index (χ1n) is 5.70. The topological polar surface area (TPSA) is 70.6 Å². The van der Waals surface area contributed by atoms with E-state index in [4.69, 9.17) is 10.9 Å². The molecule has 0 unspecified atom stereocenters. The van der Waals surface area contributed by atoms with Gasteiger partial charge in [-0.3, -0.25) is 0 Å². The lowest BCUT2D eigenvalue weighted by atomic mass is 10.0. The van der Waals surface area contributed by atoms with Crippen LogP contribution in [0.4, 0.5) is 14.5 Å². The van der Waals surface area contributed by atoms with Gasteiger partial charge in [0.1, 0.15) is 17.5 Å². The van der Waals surface area contributed by atoms with E-state index in [1.54, 1.807) is 0 Å². The summed E-state index contributed by atoms with van der Waals surface area (Å²) in [5, 5.41) is 14.4. The zero-order valence-corrected chi connectivity index (χ0v) is 9.79. The number of halogens is 2. The van der Waals surface area contributed by atoms with Crippen molar-refractivity contribution in [1.82, 2.24) is 0 Å². The van der Waals surface area contributed by atoms with Crippen LogP contribution in [0.3, 0.4) is 0 Å². The highest BCUT2D eigenvalue weighted by Crippen LogP contribution is 2.48. The second-order valence-electron chi connectivity index (χ2n) is 4.75. The first-order chi connectivity index (χ1) is 8.54. The lowest BCUT2D eigenvalue weighted by Crippen LogP contribution is -2.24. The predicted octanol–water partition coefficient (Wildman–Crippen LogP) is 2.29. The van der Waals surface area contributed by atoms with Crippen molar-refractivity contribution in [3.63, 3.8) is 0 Å². The molecule has 4 nitrogen and oxygen atoms in total. The monoisotopic (exact) mass is 255 g/mol. The summed E-state index contributed by atoms with van der Waals surface area (Å²) in [5.74, 6) is -1.04. The number of rotatable bonds is 5. The molecule has 1 aromatic rings. The number of benzene rings is 1. The normalized spacial score (nSPS) is 17.6. The second kappa shape index (κ2) is 4.80. The molecule has 0 amide bonds. The van der Waals surface area contributed by atoms with Crippen molar-refractivity contribution in [1.29, 1.82) is 0 Å². The van der Waals surface area contributed by atoms with Crippen molar-refractivity contribution in [2.45, 2.75) is 19.3 Å². The van der Waals surface area contributed by atoms with Crippen LogP contribution in [0, 0.1) is 17.0 Å². The Morgan fingerprint density at radius 1 is 1.44 bits per heavy atom. The lowest BCUT2D eigenvalue weighted by molar-refractivity contribution is 0.315. The smallest absolute Gasteiger partial charge is 0.149 e. The summed E-state index contributed by atoms with van der Waals surface area (Å²) in [6.07, 6.45) is 2.36. The van der Waals surface area contributed by atoms with Crippen LogP contribution in [0.5, 0.6) is 0 Å². The maximum Gasteiger partial charge on any atom is 0.149 e. The van der Waals surface area contributed by atoms with Crippen LogP contribution in [-0.4, -0.2) is 17.6 Å². The molecular formula is C12H15F2N3O. The number of anilines is 1. The number of hydrogen-bond acceptors (Lipinski definition) is 3. The fourth-order valence-electron chi connectivity index (χ4n) is 1.93. The number of hydrogen-bond donors (Lipinski definition) is 3. The Hall–Kier alpha value is -1.85. The second-order valence-corrected chi connectivity index (χ2v) is 4.75. The van der Waals surface area contributed by atoms with Gasteiger partial charge in [0.15, 0.2) is 0 Å². The number of nitrogens with two attached hydrogens (primary N) is 1. The highest BCUT2D eigenvalue weighted by molar-refractivity contribution is 5.80. The molecule has 0 radical (unpaired) electrons. The Bertz CT molecular complexity index is 472. The maximum absolute atomic E-state index is 13.4. The summed E-state index contributed by atoms with van der Waals surface area (Å²) in [7, 11) is 0. The van der Waals surface area contributed by atoms with Gasteiger partial charge >= 0.3 is 0 Å². The first kappa shape index (κ1) is 12.6. The summed E-state index contributed by atoms with van der Waals surface area (Å²) in [6, 6.07) is 3.41. The molecule has 98 valence electrons. The average molecular weight is 255 g/mol. The largest absolute Gasteiger partial charge is 0.409 e. The van der Waals surface area contributed by atoms with Gasteiger partial charge in [-0.2, -0.15) is 0 Å². The number of nitrogens with one attached hydrogen (secondary N) is 1. The van der Waals surface area contributed by atoms with Gasteiger partial charge < -0.3 is 16.3 Å². The minimum absolute atomic E-state index is 0.0723. The van der Waals surface area contributed by atoms with E-state index in [1.165, 1.54) is 12.1 Å². The van der Waals surface area contributed by atoms with Crippen LogP contribution in [0.2, 0.25) is 0 Å². The molecule has 0 spiro atoms. The van der Waals surface area contributed by atoms with E-state index in [0.717, 1.165) is 18.9 Å². The third-order valence-corrected chi connectivity index (χ3v) is 3.23. The minimum atomic E-state index is -0.616. The molecule has 1 aliphatic carbocycles. The fourth-order valence-corrected chi connectivity index (χ4v) is 1.93. The number of oxime groups is 1. The summed E-state index contributed by atoms with van der Waals surface area (Å²) in [4.78, 5) is 0. The zero-order valence-electron chi connectivity index (χ0n) is 9.79. The standard InChI is InChI=1S/C12H15F2N3O/c13-8-1-2-10(9(14)5-8)16-7-12(3-4-12)6-11(15)17-18/h1-2,5,16,18H,3-4,6-7H2,(H2,15,17). The van der Waals surface area contributed by atoms with E-state index in [2.05, 4.69) is 10.5 Å². The van der Waals surface area contributed by atoms with Crippen LogP contribution in [0.15, 0.2) is 23.4 Å². The molecule has 4 N–H and O–H groups in total. The Morgan fingerprint density at radius 2 is 2.17 bits per heavy atom. The molecule has 1 aliphatic rings. The predicted molar refractivity (Wildman–Crippen MR) is 64.5 cm³/mol. The van der Waals surface area contributed by atoms with Gasteiger partial charge in [-0.15, -0.1) is 0 Å². The molecule has 1 fully saturated rings. The Balaban J connectivity index is 1.95. The van der Waals surface area contributed by atoms with Gasteiger partial charge in [0.2, 0.25) is 0 Å². The molecule has 1 aromatic carbocycles. The minimum Gasteiger partial charge on any atom is -0.409 e. The molecule has 6 heteroatoms. The Kier molecular flexibility index (Phi) is 3.36. The molecule has 0 bridgehead atoms. The molecule has 0 aromatic heterocycles. The third kappa shape index (κ3) is 2.88.